The molecule has 1 unspecified atom stereocenters. The number of halogens is 6. The van der Waals surface area contributed by atoms with Crippen LogP contribution in [0.15, 0.2) is 36.4 Å². The van der Waals surface area contributed by atoms with E-state index in [1.807, 2.05) is 0 Å². The number of anilines is 1. The Labute approximate surface area is 241 Å². The second kappa shape index (κ2) is 9.26. The average Bonchev–Trinajstić information content (AvgIpc) is 3.29. The monoisotopic (exact) mass is 602 g/mol. The molecule has 2 aliphatic rings. The summed E-state index contributed by atoms with van der Waals surface area (Å²) in [5.41, 5.74) is -5.80. The Morgan fingerprint density at radius 1 is 0.581 bits per heavy atom. The molecule has 0 saturated carbocycles. The van der Waals surface area contributed by atoms with Crippen molar-refractivity contribution < 1.29 is 45.5 Å². The molecule has 6 nitrogen and oxygen atoms in total. The molecular formula is C31H24F6N2O4. The van der Waals surface area contributed by atoms with E-state index in [-0.39, 0.29) is 50.2 Å². The van der Waals surface area contributed by atoms with Gasteiger partial charge in [-0.25, -0.2) is 4.90 Å². The van der Waals surface area contributed by atoms with Gasteiger partial charge in [0.2, 0.25) is 0 Å². The van der Waals surface area contributed by atoms with Gasteiger partial charge in [-0.05, 0) is 92.3 Å². The van der Waals surface area contributed by atoms with Crippen LogP contribution >= 0.6 is 0 Å². The van der Waals surface area contributed by atoms with Crippen molar-refractivity contribution in [1.82, 2.24) is 4.90 Å². The number of nitrogens with zero attached hydrogens (tertiary/aromatic N) is 2. The van der Waals surface area contributed by atoms with Gasteiger partial charge in [-0.3, -0.25) is 24.1 Å². The highest BCUT2D eigenvalue weighted by Gasteiger charge is 2.55. The molecular weight excluding hydrogens is 578 g/mol. The van der Waals surface area contributed by atoms with Crippen molar-refractivity contribution in [2.45, 2.75) is 52.4 Å². The summed E-state index contributed by atoms with van der Waals surface area (Å²) >= 11 is 0. The van der Waals surface area contributed by atoms with E-state index in [2.05, 4.69) is 0 Å². The van der Waals surface area contributed by atoms with Crippen LogP contribution in [-0.4, -0.2) is 41.8 Å². The summed E-state index contributed by atoms with van der Waals surface area (Å²) in [6.45, 7) is 6.17. The van der Waals surface area contributed by atoms with E-state index in [1.54, 1.807) is 0 Å². The van der Waals surface area contributed by atoms with Crippen LogP contribution in [0.5, 0.6) is 0 Å². The lowest BCUT2D eigenvalue weighted by Crippen LogP contribution is -2.41. The topological polar surface area (TPSA) is 74.8 Å². The zero-order valence-corrected chi connectivity index (χ0v) is 23.8. The molecule has 0 N–H and O–H groups in total. The quantitative estimate of drug-likeness (QED) is 0.243. The first-order valence-corrected chi connectivity index (χ1v) is 13.0. The maximum Gasteiger partial charge on any atom is 0.417 e. The van der Waals surface area contributed by atoms with Crippen LogP contribution in [0.4, 0.5) is 32.0 Å². The highest BCUT2D eigenvalue weighted by atomic mass is 19.4. The molecule has 3 aromatic carbocycles. The van der Waals surface area contributed by atoms with Crippen molar-refractivity contribution in [1.29, 1.82) is 0 Å². The Morgan fingerprint density at radius 3 is 1.51 bits per heavy atom. The van der Waals surface area contributed by atoms with Crippen molar-refractivity contribution in [3.63, 3.8) is 0 Å². The summed E-state index contributed by atoms with van der Waals surface area (Å²) in [4.78, 5) is 53.3. The Bertz CT molecular complexity index is 1810. The van der Waals surface area contributed by atoms with Crippen molar-refractivity contribution >= 4 is 29.3 Å². The van der Waals surface area contributed by atoms with Gasteiger partial charge in [0.15, 0.2) is 0 Å². The molecule has 2 aliphatic heterocycles. The number of carbonyl (C=O) groups excluding carboxylic acids is 4. The van der Waals surface area contributed by atoms with Crippen LogP contribution in [0.25, 0.3) is 0 Å². The highest BCUT2D eigenvalue weighted by Crippen LogP contribution is 2.49. The Balaban J connectivity index is 1.67. The lowest BCUT2D eigenvalue weighted by Gasteiger charge is -2.33. The molecule has 0 radical (unpaired) electrons. The molecule has 3 aromatic rings. The molecule has 0 aromatic heterocycles. The minimum atomic E-state index is -4.98. The van der Waals surface area contributed by atoms with Gasteiger partial charge in [-0.2, -0.15) is 26.3 Å². The minimum Gasteiger partial charge on any atom is -0.277 e. The van der Waals surface area contributed by atoms with Crippen molar-refractivity contribution in [2.24, 2.45) is 0 Å². The molecule has 5 rings (SSSR count). The Kier molecular flexibility index (Phi) is 6.46. The number of alkyl halides is 6. The third kappa shape index (κ3) is 4.02. The molecule has 43 heavy (non-hydrogen) atoms. The fourth-order valence-corrected chi connectivity index (χ4v) is 6.01. The predicted octanol–water partition coefficient (Wildman–Crippen LogP) is 6.83. The standard InChI is InChI=1S/C31H24F6N2O4/c1-13-14(2)23(30(32,33)34)16(4)24(15(13)3)39-27(42)20-10-8-18(12-22(20)28(39)43)29(5,31(35,36)37)17-7-9-19-21(11-17)26(41)38(6)25(19)40/h7-12H,1-6H3. The van der Waals surface area contributed by atoms with Crippen LogP contribution in [0.3, 0.4) is 0 Å². The van der Waals surface area contributed by atoms with Gasteiger partial charge in [-0.15, -0.1) is 0 Å². The summed E-state index contributed by atoms with van der Waals surface area (Å²) in [7, 11) is 1.21. The van der Waals surface area contributed by atoms with Crippen molar-refractivity contribution in [3.8, 4) is 0 Å². The van der Waals surface area contributed by atoms with E-state index >= 15 is 0 Å². The number of rotatable bonds is 3. The van der Waals surface area contributed by atoms with E-state index in [0.29, 0.717) is 4.90 Å². The maximum absolute atomic E-state index is 14.9. The van der Waals surface area contributed by atoms with Crippen LogP contribution in [0.1, 0.15) is 87.3 Å². The second-order valence-electron chi connectivity index (χ2n) is 11.0. The predicted molar refractivity (Wildman–Crippen MR) is 143 cm³/mol. The van der Waals surface area contributed by atoms with Gasteiger partial charge >= 0.3 is 12.4 Å². The average molecular weight is 603 g/mol. The number of amides is 4. The van der Waals surface area contributed by atoms with E-state index < -0.39 is 58.1 Å². The van der Waals surface area contributed by atoms with Gasteiger partial charge in [0.1, 0.15) is 5.41 Å². The minimum absolute atomic E-state index is 0.0523. The Morgan fingerprint density at radius 2 is 1.02 bits per heavy atom. The van der Waals surface area contributed by atoms with Crippen molar-refractivity contribution in [2.75, 3.05) is 11.9 Å². The largest absolute Gasteiger partial charge is 0.417 e. The lowest BCUT2D eigenvalue weighted by molar-refractivity contribution is -0.173. The number of carbonyl (C=O) groups is 4. The fourth-order valence-electron chi connectivity index (χ4n) is 6.01. The molecule has 1 atom stereocenters. The van der Waals surface area contributed by atoms with Gasteiger partial charge in [0.05, 0.1) is 33.5 Å². The summed E-state index contributed by atoms with van der Waals surface area (Å²) in [5, 5.41) is 0. The van der Waals surface area contributed by atoms with Crippen molar-refractivity contribution in [3.05, 3.63) is 97.6 Å². The van der Waals surface area contributed by atoms with Gasteiger partial charge in [-0.1, -0.05) is 12.1 Å². The van der Waals surface area contributed by atoms with E-state index in [1.165, 1.54) is 27.8 Å². The van der Waals surface area contributed by atoms with Gasteiger partial charge < -0.3 is 0 Å². The Hall–Kier alpha value is -4.48. The van der Waals surface area contributed by atoms with Gasteiger partial charge in [0, 0.05) is 7.05 Å². The number of imide groups is 2. The third-order valence-electron chi connectivity index (χ3n) is 8.79. The first kappa shape index (κ1) is 30.0. The molecule has 2 heterocycles. The smallest absolute Gasteiger partial charge is 0.277 e. The molecule has 4 amide bonds. The SMILES string of the molecule is Cc1c(C)c(N2C(=O)c3ccc(C(C)(c4ccc5c(c4)C(=O)N(C)C5=O)C(F)(F)F)cc3C2=O)c(C)c(C(F)(F)F)c1C. The van der Waals surface area contributed by atoms with E-state index in [4.69, 9.17) is 0 Å². The van der Waals surface area contributed by atoms with E-state index in [0.717, 1.165) is 55.1 Å². The van der Waals surface area contributed by atoms with Gasteiger partial charge in [0.25, 0.3) is 23.6 Å². The molecule has 0 fully saturated rings. The third-order valence-corrected chi connectivity index (χ3v) is 8.79. The molecule has 224 valence electrons. The summed E-state index contributed by atoms with van der Waals surface area (Å²) in [6.07, 6.45) is -9.78. The molecule has 0 aliphatic carbocycles. The number of benzene rings is 3. The fraction of sp³-hybridized carbons (Fsp3) is 0.290. The first-order valence-electron chi connectivity index (χ1n) is 13.0. The number of fused-ring (bicyclic) bond motifs is 2. The number of hydrogen-bond acceptors (Lipinski definition) is 4. The normalized spacial score (nSPS) is 16.7. The lowest BCUT2D eigenvalue weighted by atomic mass is 9.74. The maximum atomic E-state index is 14.9. The molecule has 0 bridgehead atoms. The molecule has 0 spiro atoms. The first-order chi connectivity index (χ1) is 19.7. The van der Waals surface area contributed by atoms with Crippen LogP contribution in [0, 0.1) is 27.7 Å². The van der Waals surface area contributed by atoms with Crippen LogP contribution in [0.2, 0.25) is 0 Å². The number of hydrogen-bond donors (Lipinski definition) is 0. The molecule has 0 saturated heterocycles. The van der Waals surface area contributed by atoms with E-state index in [9.17, 15) is 45.5 Å². The zero-order chi connectivity index (χ0) is 32.1. The summed E-state index contributed by atoms with van der Waals surface area (Å²) in [6, 6.07) is 6.16. The zero-order valence-electron chi connectivity index (χ0n) is 23.8. The van der Waals surface area contributed by atoms with Crippen LogP contribution < -0.4 is 4.90 Å². The summed E-state index contributed by atoms with van der Waals surface area (Å²) < 4.78 is 86.6. The molecule has 12 heteroatoms. The van der Waals surface area contributed by atoms with Crippen LogP contribution in [-0.2, 0) is 11.6 Å². The summed E-state index contributed by atoms with van der Waals surface area (Å²) in [5.74, 6) is -3.46. The second-order valence-corrected chi connectivity index (χ2v) is 11.0. The highest BCUT2D eigenvalue weighted by molar-refractivity contribution is 6.35.